The van der Waals surface area contributed by atoms with Crippen LogP contribution in [0.15, 0.2) is 63.4 Å². The van der Waals surface area contributed by atoms with Gasteiger partial charge in [0.1, 0.15) is 22.8 Å². The molecule has 3 heterocycles. The van der Waals surface area contributed by atoms with Gasteiger partial charge in [0.05, 0.1) is 11.2 Å². The standard InChI is InChI=1S/C22H21N7O2/c1-3-29-16-11-7-5-9-14(16)19(30)17(21(29)31)12(2)25-27-22-24-18-13-8-4-6-10-15(13)23-20(18)26-28-22/h4-11,23,26,30H,3H2,1-2H3,(H2,24,27,28)/b25-12+. The number of rotatable bonds is 3. The molecule has 0 bridgehead atoms. The smallest absolute Gasteiger partial charge is 0.263 e. The van der Waals surface area contributed by atoms with Gasteiger partial charge < -0.3 is 14.7 Å². The Bertz CT molecular complexity index is 1450. The summed E-state index contributed by atoms with van der Waals surface area (Å²) in [7, 11) is 0. The maximum atomic E-state index is 13.0. The van der Waals surface area contributed by atoms with Gasteiger partial charge in [0.15, 0.2) is 0 Å². The minimum absolute atomic E-state index is 0.0797. The average molecular weight is 415 g/mol. The molecule has 0 spiro atoms. The first-order valence-corrected chi connectivity index (χ1v) is 9.95. The van der Waals surface area contributed by atoms with E-state index in [4.69, 9.17) is 0 Å². The summed E-state index contributed by atoms with van der Waals surface area (Å²) in [5, 5.41) is 16.7. The Kier molecular flexibility index (Phi) is 4.36. The summed E-state index contributed by atoms with van der Waals surface area (Å²) in [6.07, 6.45) is 0. The van der Waals surface area contributed by atoms with E-state index >= 15 is 0 Å². The van der Waals surface area contributed by atoms with Crippen molar-refractivity contribution in [2.45, 2.75) is 20.4 Å². The lowest BCUT2D eigenvalue weighted by atomic mass is 10.1. The van der Waals surface area contributed by atoms with Crippen LogP contribution in [0.5, 0.6) is 5.75 Å². The summed E-state index contributed by atoms with van der Waals surface area (Å²) >= 11 is 0. The molecule has 156 valence electrons. The molecule has 1 aliphatic heterocycles. The summed E-state index contributed by atoms with van der Waals surface area (Å²) in [6.45, 7) is 4.05. The zero-order valence-corrected chi connectivity index (χ0v) is 17.0. The molecule has 1 aliphatic rings. The molecule has 2 aromatic carbocycles. The van der Waals surface area contributed by atoms with Crippen molar-refractivity contribution in [3.8, 4) is 5.75 Å². The summed E-state index contributed by atoms with van der Waals surface area (Å²) < 4.78 is 1.62. The van der Waals surface area contributed by atoms with Crippen molar-refractivity contribution in [2.24, 2.45) is 10.1 Å². The van der Waals surface area contributed by atoms with Gasteiger partial charge >= 0.3 is 0 Å². The van der Waals surface area contributed by atoms with Crippen LogP contribution in [0.3, 0.4) is 0 Å². The van der Waals surface area contributed by atoms with Gasteiger partial charge in [-0.3, -0.25) is 15.6 Å². The van der Waals surface area contributed by atoms with Crippen LogP contribution in [0.2, 0.25) is 0 Å². The number of aromatic hydroxyl groups is 1. The van der Waals surface area contributed by atoms with Gasteiger partial charge in [-0.15, -0.1) is 0 Å². The van der Waals surface area contributed by atoms with Gasteiger partial charge in [-0.05, 0) is 32.0 Å². The molecule has 0 aliphatic carbocycles. The van der Waals surface area contributed by atoms with Gasteiger partial charge in [0.2, 0.25) is 5.96 Å². The third-order valence-corrected chi connectivity index (χ3v) is 5.36. The number of aromatic nitrogens is 2. The van der Waals surface area contributed by atoms with Crippen LogP contribution in [0.1, 0.15) is 19.4 Å². The third kappa shape index (κ3) is 2.98. The number of hydrogen-bond donors (Lipinski definition) is 5. The maximum Gasteiger partial charge on any atom is 0.263 e. The quantitative estimate of drug-likeness (QED) is 0.260. The molecule has 0 radical (unpaired) electrons. The Balaban J connectivity index is 1.53. The molecular formula is C22H21N7O2. The van der Waals surface area contributed by atoms with Crippen LogP contribution in [-0.4, -0.2) is 26.3 Å². The Labute approximate surface area is 177 Å². The zero-order valence-electron chi connectivity index (χ0n) is 17.0. The van der Waals surface area contributed by atoms with E-state index < -0.39 is 0 Å². The van der Waals surface area contributed by atoms with E-state index in [1.165, 1.54) is 0 Å². The molecule has 4 aromatic rings. The number of para-hydroxylation sites is 2. The first-order valence-electron chi connectivity index (χ1n) is 9.95. The number of benzene rings is 2. The highest BCUT2D eigenvalue weighted by molar-refractivity contribution is 6.06. The number of aromatic amines is 1. The zero-order chi connectivity index (χ0) is 21.5. The predicted octanol–water partition coefficient (Wildman–Crippen LogP) is 3.14. The molecule has 9 nitrogen and oxygen atoms in total. The van der Waals surface area contributed by atoms with Crippen molar-refractivity contribution in [1.82, 2.24) is 20.4 Å². The fourth-order valence-corrected chi connectivity index (χ4v) is 3.87. The van der Waals surface area contributed by atoms with Gasteiger partial charge in [-0.2, -0.15) is 5.10 Å². The molecule has 2 aromatic heterocycles. The Hall–Kier alpha value is -4.27. The number of aryl methyl sites for hydroxylation is 1. The molecule has 31 heavy (non-hydrogen) atoms. The van der Waals surface area contributed by atoms with E-state index in [0.717, 1.165) is 22.4 Å². The lowest BCUT2D eigenvalue weighted by molar-refractivity contribution is 0.477. The largest absolute Gasteiger partial charge is 0.506 e. The van der Waals surface area contributed by atoms with Crippen LogP contribution in [0, 0.1) is 0 Å². The highest BCUT2D eigenvalue weighted by atomic mass is 16.3. The Morgan fingerprint density at radius 1 is 1.13 bits per heavy atom. The lowest BCUT2D eigenvalue weighted by Crippen LogP contribution is -2.40. The van der Waals surface area contributed by atoms with Crippen LogP contribution < -0.4 is 21.8 Å². The van der Waals surface area contributed by atoms with E-state index in [9.17, 15) is 9.90 Å². The van der Waals surface area contributed by atoms with Crippen LogP contribution in [0.4, 0.5) is 11.5 Å². The number of guanidine groups is 1. The normalized spacial score (nSPS) is 13.5. The van der Waals surface area contributed by atoms with Crippen LogP contribution in [0.25, 0.3) is 21.8 Å². The maximum absolute atomic E-state index is 13.0. The molecule has 0 saturated carbocycles. The second kappa shape index (κ2) is 7.21. The number of hydrogen-bond acceptors (Lipinski definition) is 7. The first-order chi connectivity index (χ1) is 15.1. The van der Waals surface area contributed by atoms with E-state index in [1.54, 1.807) is 17.6 Å². The number of hydrazine groups is 1. The number of anilines is 1. The Morgan fingerprint density at radius 3 is 2.68 bits per heavy atom. The number of fused-ring (bicyclic) bond motifs is 4. The monoisotopic (exact) mass is 415 g/mol. The number of pyridine rings is 1. The number of H-pyrrole nitrogens is 1. The number of nitrogens with zero attached hydrogens (tertiary/aromatic N) is 3. The number of nitrogens with one attached hydrogen (secondary N) is 4. The van der Waals surface area contributed by atoms with Crippen molar-refractivity contribution in [2.75, 3.05) is 5.43 Å². The van der Waals surface area contributed by atoms with Gasteiger partial charge in [0, 0.05) is 22.8 Å². The summed E-state index contributed by atoms with van der Waals surface area (Å²) in [5.41, 5.74) is 11.4. The summed E-state index contributed by atoms with van der Waals surface area (Å²) in [4.78, 5) is 20.9. The van der Waals surface area contributed by atoms with E-state index in [1.807, 2.05) is 49.4 Å². The molecular weight excluding hydrogens is 394 g/mol. The summed E-state index contributed by atoms with van der Waals surface area (Å²) in [6, 6.07) is 15.1. The number of hydrazone groups is 1. The Morgan fingerprint density at radius 2 is 1.87 bits per heavy atom. The molecule has 0 fully saturated rings. The predicted molar refractivity (Wildman–Crippen MR) is 123 cm³/mol. The van der Waals surface area contributed by atoms with Crippen molar-refractivity contribution < 1.29 is 5.11 Å². The van der Waals surface area contributed by atoms with E-state index in [0.29, 0.717) is 29.1 Å². The topological polar surface area (TPSA) is 119 Å². The van der Waals surface area contributed by atoms with E-state index in [2.05, 4.69) is 31.4 Å². The van der Waals surface area contributed by atoms with Crippen molar-refractivity contribution >= 4 is 45.0 Å². The van der Waals surface area contributed by atoms with Gasteiger partial charge in [-0.1, -0.05) is 30.3 Å². The molecule has 0 unspecified atom stereocenters. The van der Waals surface area contributed by atoms with Crippen molar-refractivity contribution in [1.29, 1.82) is 0 Å². The molecule has 9 heteroatoms. The fourth-order valence-electron chi connectivity index (χ4n) is 3.87. The molecule has 0 saturated heterocycles. The van der Waals surface area contributed by atoms with Crippen molar-refractivity contribution in [3.63, 3.8) is 0 Å². The first kappa shape index (κ1) is 18.7. The lowest BCUT2D eigenvalue weighted by Gasteiger charge is -2.17. The molecule has 0 amide bonds. The van der Waals surface area contributed by atoms with Crippen molar-refractivity contribution in [3.05, 3.63) is 64.4 Å². The van der Waals surface area contributed by atoms with Gasteiger partial charge in [0.25, 0.3) is 5.56 Å². The minimum atomic E-state index is -0.294. The second-order valence-corrected chi connectivity index (χ2v) is 7.20. The van der Waals surface area contributed by atoms with E-state index in [-0.39, 0.29) is 16.9 Å². The fraction of sp³-hybridized carbons (Fsp3) is 0.136. The average Bonchev–Trinajstić information content (AvgIpc) is 3.16. The molecule has 5 N–H and O–H groups in total. The van der Waals surface area contributed by atoms with Crippen LogP contribution >= 0.6 is 0 Å². The number of aliphatic imine (C=N–C) groups is 1. The molecule has 0 atom stereocenters. The van der Waals surface area contributed by atoms with Gasteiger partial charge in [-0.25, -0.2) is 10.4 Å². The summed E-state index contributed by atoms with van der Waals surface area (Å²) in [5.74, 6) is 1.04. The second-order valence-electron chi connectivity index (χ2n) is 7.20. The minimum Gasteiger partial charge on any atom is -0.506 e. The van der Waals surface area contributed by atoms with Crippen LogP contribution in [-0.2, 0) is 6.54 Å². The highest BCUT2D eigenvalue weighted by Gasteiger charge is 2.19. The third-order valence-electron chi connectivity index (χ3n) is 5.36. The molecule has 5 rings (SSSR count). The highest BCUT2D eigenvalue weighted by Crippen LogP contribution is 2.35. The SMILES string of the molecule is CCn1c(=O)c(/C(C)=N/NC2=Nc3c([nH]c4ccccc34)NN2)c(O)c2ccccc21.